The normalized spacial score (nSPS) is 24.9. The fraction of sp³-hybridized carbons (Fsp3) is 0.789. The summed E-state index contributed by atoms with van der Waals surface area (Å²) in [6.45, 7) is 3.17. The lowest BCUT2D eigenvalue weighted by molar-refractivity contribution is -0.129. The van der Waals surface area contributed by atoms with Gasteiger partial charge in [0.25, 0.3) is 0 Å². The van der Waals surface area contributed by atoms with E-state index < -0.39 is 0 Å². The van der Waals surface area contributed by atoms with E-state index in [1.54, 1.807) is 0 Å². The molecule has 0 aromatic rings. The van der Waals surface area contributed by atoms with Gasteiger partial charge in [0.2, 0.25) is 11.8 Å². The van der Waals surface area contributed by atoms with Crippen molar-refractivity contribution in [3.8, 4) is 0 Å². The van der Waals surface area contributed by atoms with Gasteiger partial charge in [0, 0.05) is 38.2 Å². The van der Waals surface area contributed by atoms with Crippen LogP contribution in [0, 0.1) is 5.92 Å². The van der Waals surface area contributed by atoms with Gasteiger partial charge in [-0.2, -0.15) is 0 Å². The zero-order valence-corrected chi connectivity index (χ0v) is 14.6. The third-order valence-electron chi connectivity index (χ3n) is 5.55. The van der Waals surface area contributed by atoms with Gasteiger partial charge in [-0.1, -0.05) is 6.08 Å². The molecule has 3 aliphatic rings. The van der Waals surface area contributed by atoms with Crippen molar-refractivity contribution in [2.45, 2.75) is 63.9 Å². The molecule has 1 atom stereocenters. The van der Waals surface area contributed by atoms with E-state index >= 15 is 0 Å². The van der Waals surface area contributed by atoms with Crippen LogP contribution in [0.15, 0.2) is 11.6 Å². The molecule has 1 aliphatic carbocycles. The van der Waals surface area contributed by atoms with Crippen LogP contribution >= 0.6 is 0 Å². The van der Waals surface area contributed by atoms with Crippen molar-refractivity contribution in [1.29, 1.82) is 0 Å². The average Bonchev–Trinajstić information content (AvgIpc) is 3.31. The molecule has 0 spiro atoms. The maximum absolute atomic E-state index is 12.4. The summed E-state index contributed by atoms with van der Waals surface area (Å²) in [6.07, 6.45) is 11.2. The Morgan fingerprint density at radius 1 is 1.21 bits per heavy atom. The van der Waals surface area contributed by atoms with Gasteiger partial charge in [-0.05, 0) is 57.3 Å². The number of rotatable bonds is 6. The Balaban J connectivity index is 1.30. The number of carbonyl (C=O) groups is 2. The lowest BCUT2D eigenvalue weighted by Crippen LogP contribution is -2.39. The van der Waals surface area contributed by atoms with Crippen LogP contribution in [0.25, 0.3) is 0 Å². The standard InChI is InChI=1S/C19H30N2O3/c22-18(20-14-17-6-3-13-24-17)8-7-15-9-11-21(12-10-15)19(23)16-4-1-2-5-16/h4,15,17H,1-3,5-14H2,(H,20,22)/t17-/m0/s1. The first kappa shape index (κ1) is 17.5. The van der Waals surface area contributed by atoms with E-state index in [0.29, 0.717) is 18.9 Å². The highest BCUT2D eigenvalue weighted by atomic mass is 16.5. The van der Waals surface area contributed by atoms with Gasteiger partial charge < -0.3 is 15.0 Å². The quantitative estimate of drug-likeness (QED) is 0.811. The lowest BCUT2D eigenvalue weighted by atomic mass is 9.91. The highest BCUT2D eigenvalue weighted by molar-refractivity contribution is 5.93. The average molecular weight is 334 g/mol. The number of piperidine rings is 1. The van der Waals surface area contributed by atoms with Crippen molar-refractivity contribution >= 4 is 11.8 Å². The zero-order valence-electron chi connectivity index (χ0n) is 14.6. The van der Waals surface area contributed by atoms with Gasteiger partial charge in [-0.3, -0.25) is 9.59 Å². The van der Waals surface area contributed by atoms with E-state index in [-0.39, 0.29) is 17.9 Å². The third kappa shape index (κ3) is 4.82. The molecule has 2 fully saturated rings. The molecule has 3 rings (SSSR count). The Morgan fingerprint density at radius 2 is 2.04 bits per heavy atom. The SMILES string of the molecule is O=C(CCC1CCN(C(=O)C2=CCCC2)CC1)NC[C@@H]1CCCO1. The molecule has 2 aliphatic heterocycles. The molecule has 134 valence electrons. The minimum absolute atomic E-state index is 0.139. The minimum Gasteiger partial charge on any atom is -0.376 e. The highest BCUT2D eigenvalue weighted by Gasteiger charge is 2.26. The third-order valence-corrected chi connectivity index (χ3v) is 5.55. The number of carbonyl (C=O) groups excluding carboxylic acids is 2. The highest BCUT2D eigenvalue weighted by Crippen LogP contribution is 2.25. The van der Waals surface area contributed by atoms with Crippen molar-refractivity contribution in [2.24, 2.45) is 5.92 Å². The van der Waals surface area contributed by atoms with Gasteiger partial charge in [0.05, 0.1) is 6.10 Å². The van der Waals surface area contributed by atoms with E-state index in [0.717, 1.165) is 76.6 Å². The smallest absolute Gasteiger partial charge is 0.249 e. The van der Waals surface area contributed by atoms with Crippen molar-refractivity contribution in [1.82, 2.24) is 10.2 Å². The molecule has 24 heavy (non-hydrogen) atoms. The van der Waals surface area contributed by atoms with Gasteiger partial charge in [0.1, 0.15) is 0 Å². The zero-order chi connectivity index (χ0) is 16.8. The number of allylic oxidation sites excluding steroid dienone is 1. The molecule has 5 nitrogen and oxygen atoms in total. The second-order valence-electron chi connectivity index (χ2n) is 7.33. The first-order valence-corrected chi connectivity index (χ1v) is 9.59. The molecule has 0 aromatic heterocycles. The summed E-state index contributed by atoms with van der Waals surface area (Å²) in [4.78, 5) is 26.3. The number of nitrogens with one attached hydrogen (secondary N) is 1. The minimum atomic E-state index is 0.139. The molecule has 0 unspecified atom stereocenters. The van der Waals surface area contributed by atoms with Gasteiger partial charge in [0.15, 0.2) is 0 Å². The van der Waals surface area contributed by atoms with Crippen molar-refractivity contribution in [3.05, 3.63) is 11.6 Å². The predicted molar refractivity (Wildman–Crippen MR) is 92.5 cm³/mol. The van der Waals surface area contributed by atoms with E-state index in [9.17, 15) is 9.59 Å². The molecular formula is C19H30N2O3. The summed E-state index contributed by atoms with van der Waals surface area (Å²) in [5.41, 5.74) is 1.02. The van der Waals surface area contributed by atoms with Crippen LogP contribution in [-0.4, -0.2) is 49.1 Å². The Kier molecular flexibility index (Phi) is 6.30. The molecule has 5 heteroatoms. The van der Waals surface area contributed by atoms with E-state index in [1.165, 1.54) is 0 Å². The van der Waals surface area contributed by atoms with Crippen molar-refractivity contribution < 1.29 is 14.3 Å². The molecule has 2 saturated heterocycles. The Bertz CT molecular complexity index is 475. The summed E-state index contributed by atoms with van der Waals surface area (Å²) in [5.74, 6) is 0.959. The number of nitrogens with zero attached hydrogens (tertiary/aromatic N) is 1. The first-order chi connectivity index (χ1) is 11.7. The maximum Gasteiger partial charge on any atom is 0.249 e. The number of ether oxygens (including phenoxy) is 1. The summed E-state index contributed by atoms with van der Waals surface area (Å²) in [5, 5.41) is 2.99. The second-order valence-corrected chi connectivity index (χ2v) is 7.33. The van der Waals surface area contributed by atoms with Crippen LogP contribution in [0.5, 0.6) is 0 Å². The fourth-order valence-corrected chi connectivity index (χ4v) is 3.95. The largest absolute Gasteiger partial charge is 0.376 e. The Morgan fingerprint density at radius 3 is 2.71 bits per heavy atom. The topological polar surface area (TPSA) is 58.6 Å². The number of amides is 2. The molecule has 2 amide bonds. The fourth-order valence-electron chi connectivity index (χ4n) is 3.95. The summed E-state index contributed by atoms with van der Waals surface area (Å²) >= 11 is 0. The van der Waals surface area contributed by atoms with Gasteiger partial charge in [-0.25, -0.2) is 0 Å². The molecule has 1 N–H and O–H groups in total. The molecule has 2 heterocycles. The molecule has 0 saturated carbocycles. The molecule has 0 radical (unpaired) electrons. The van der Waals surface area contributed by atoms with Crippen LogP contribution < -0.4 is 5.32 Å². The first-order valence-electron chi connectivity index (χ1n) is 9.59. The number of likely N-dealkylation sites (tertiary alicyclic amines) is 1. The van der Waals surface area contributed by atoms with Crippen LogP contribution in [0.2, 0.25) is 0 Å². The van der Waals surface area contributed by atoms with E-state index in [1.807, 2.05) is 4.90 Å². The van der Waals surface area contributed by atoms with Gasteiger partial charge >= 0.3 is 0 Å². The van der Waals surface area contributed by atoms with Crippen LogP contribution in [0.1, 0.15) is 57.8 Å². The Labute approximate surface area is 144 Å². The van der Waals surface area contributed by atoms with Crippen LogP contribution in [0.4, 0.5) is 0 Å². The molecule has 0 bridgehead atoms. The van der Waals surface area contributed by atoms with Gasteiger partial charge in [-0.15, -0.1) is 0 Å². The van der Waals surface area contributed by atoms with E-state index in [2.05, 4.69) is 11.4 Å². The molecular weight excluding hydrogens is 304 g/mol. The number of hydrogen-bond acceptors (Lipinski definition) is 3. The predicted octanol–water partition coefficient (Wildman–Crippen LogP) is 2.41. The Hall–Kier alpha value is -1.36. The summed E-state index contributed by atoms with van der Waals surface area (Å²) < 4.78 is 5.52. The van der Waals surface area contributed by atoms with Crippen LogP contribution in [-0.2, 0) is 14.3 Å². The van der Waals surface area contributed by atoms with Crippen LogP contribution in [0.3, 0.4) is 0 Å². The van der Waals surface area contributed by atoms with Crippen molar-refractivity contribution in [2.75, 3.05) is 26.2 Å². The second kappa shape index (κ2) is 8.65. The summed E-state index contributed by atoms with van der Waals surface area (Å²) in [7, 11) is 0. The summed E-state index contributed by atoms with van der Waals surface area (Å²) in [6, 6.07) is 0. The maximum atomic E-state index is 12.4. The number of hydrogen-bond donors (Lipinski definition) is 1. The molecule has 0 aromatic carbocycles. The lowest BCUT2D eigenvalue weighted by Gasteiger charge is -2.32. The monoisotopic (exact) mass is 334 g/mol. The van der Waals surface area contributed by atoms with E-state index in [4.69, 9.17) is 4.74 Å². The van der Waals surface area contributed by atoms with Crippen molar-refractivity contribution in [3.63, 3.8) is 0 Å².